The molecule has 0 aliphatic rings. The fourth-order valence-electron chi connectivity index (χ4n) is 0.597. The Balaban J connectivity index is 3.09. The van der Waals surface area contributed by atoms with Crippen molar-refractivity contribution in [2.45, 2.75) is 5.16 Å². The van der Waals surface area contributed by atoms with E-state index in [9.17, 15) is 0 Å². The number of anilines is 1. The lowest BCUT2D eigenvalue weighted by Crippen LogP contribution is -1.99. The third-order valence-electron chi connectivity index (χ3n) is 1.16. The number of hydrogen-bond acceptors (Lipinski definition) is 5. The lowest BCUT2D eigenvalue weighted by Gasteiger charge is -1.98. The first-order chi connectivity index (χ1) is 5.27. The van der Waals surface area contributed by atoms with E-state index in [1.165, 1.54) is 11.8 Å². The van der Waals surface area contributed by atoms with E-state index < -0.39 is 0 Å². The molecule has 0 aromatic carbocycles. The average molecular weight is 168 g/mol. The Morgan fingerprint density at radius 1 is 1.73 bits per heavy atom. The van der Waals surface area contributed by atoms with Crippen molar-refractivity contribution in [3.05, 3.63) is 11.8 Å². The van der Waals surface area contributed by atoms with Crippen LogP contribution in [-0.4, -0.2) is 22.4 Å². The highest BCUT2D eigenvalue weighted by Crippen LogP contribution is 2.11. The number of aromatic nitrogens is 2. The lowest BCUT2D eigenvalue weighted by molar-refractivity contribution is 0.976. The van der Waals surface area contributed by atoms with Gasteiger partial charge in [0.2, 0.25) is 0 Å². The minimum absolute atomic E-state index is 0.361. The zero-order valence-corrected chi connectivity index (χ0v) is 6.85. The second-order valence-electron chi connectivity index (χ2n) is 1.84. The monoisotopic (exact) mass is 168 g/mol. The summed E-state index contributed by atoms with van der Waals surface area (Å²) < 4.78 is 0. The zero-order chi connectivity index (χ0) is 8.27. The molecule has 5 heteroatoms. The van der Waals surface area contributed by atoms with Crippen LogP contribution in [0.2, 0.25) is 0 Å². The van der Waals surface area contributed by atoms with Crippen LogP contribution in [-0.2, 0) is 0 Å². The van der Waals surface area contributed by atoms with Gasteiger partial charge in [-0.1, -0.05) is 11.8 Å². The van der Waals surface area contributed by atoms with Gasteiger partial charge in [-0.05, 0) is 6.26 Å². The SMILES string of the molecule is CSc1ncc(C=N)c(N)n1. The van der Waals surface area contributed by atoms with Crippen LogP contribution in [0.4, 0.5) is 5.82 Å². The van der Waals surface area contributed by atoms with Crippen molar-refractivity contribution in [1.29, 1.82) is 5.41 Å². The molecule has 1 aromatic rings. The molecular weight excluding hydrogens is 160 g/mol. The maximum absolute atomic E-state index is 6.92. The summed E-state index contributed by atoms with van der Waals surface area (Å²) >= 11 is 1.42. The molecule has 0 spiro atoms. The van der Waals surface area contributed by atoms with Gasteiger partial charge in [-0.15, -0.1) is 0 Å². The van der Waals surface area contributed by atoms with E-state index in [1.54, 1.807) is 6.20 Å². The summed E-state index contributed by atoms with van der Waals surface area (Å²) in [5, 5.41) is 7.55. The van der Waals surface area contributed by atoms with Crippen LogP contribution < -0.4 is 5.73 Å². The van der Waals surface area contributed by atoms with Crippen molar-refractivity contribution in [1.82, 2.24) is 9.97 Å². The molecule has 0 unspecified atom stereocenters. The number of hydrogen-bond donors (Lipinski definition) is 2. The van der Waals surface area contributed by atoms with E-state index in [0.29, 0.717) is 16.5 Å². The molecule has 0 amide bonds. The van der Waals surface area contributed by atoms with Gasteiger partial charge in [0.25, 0.3) is 0 Å². The molecule has 3 N–H and O–H groups in total. The van der Waals surface area contributed by atoms with Crippen LogP contribution in [0.25, 0.3) is 0 Å². The van der Waals surface area contributed by atoms with Gasteiger partial charge >= 0.3 is 0 Å². The predicted octanol–water partition coefficient (Wildman–Crippen LogP) is 0.778. The van der Waals surface area contributed by atoms with Crippen LogP contribution >= 0.6 is 11.8 Å². The molecule has 0 saturated heterocycles. The molecule has 4 nitrogen and oxygen atoms in total. The first-order valence-electron chi connectivity index (χ1n) is 2.95. The molecule has 0 saturated carbocycles. The summed E-state index contributed by atoms with van der Waals surface area (Å²) in [4.78, 5) is 7.89. The van der Waals surface area contributed by atoms with Crippen molar-refractivity contribution >= 4 is 23.8 Å². The zero-order valence-electron chi connectivity index (χ0n) is 6.03. The fraction of sp³-hybridized carbons (Fsp3) is 0.167. The number of rotatable bonds is 2. The van der Waals surface area contributed by atoms with Crippen molar-refractivity contribution in [3.63, 3.8) is 0 Å². The number of nitrogens with one attached hydrogen (secondary N) is 1. The summed E-state index contributed by atoms with van der Waals surface area (Å²) in [6.07, 6.45) is 4.56. The maximum Gasteiger partial charge on any atom is 0.189 e. The Kier molecular flexibility index (Phi) is 2.43. The van der Waals surface area contributed by atoms with Gasteiger partial charge in [0.15, 0.2) is 5.16 Å². The Bertz CT molecular complexity index is 273. The van der Waals surface area contributed by atoms with Gasteiger partial charge in [-0.3, -0.25) is 0 Å². The average Bonchev–Trinajstić information content (AvgIpc) is 2.04. The smallest absolute Gasteiger partial charge is 0.189 e. The van der Waals surface area contributed by atoms with Gasteiger partial charge in [-0.2, -0.15) is 0 Å². The number of nitrogen functional groups attached to an aromatic ring is 1. The second-order valence-corrected chi connectivity index (χ2v) is 2.62. The fourth-order valence-corrected chi connectivity index (χ4v) is 0.945. The molecule has 1 rings (SSSR count). The molecule has 1 aromatic heterocycles. The molecule has 0 fully saturated rings. The van der Waals surface area contributed by atoms with Crippen molar-refractivity contribution < 1.29 is 0 Å². The molecule has 58 valence electrons. The molecule has 0 aliphatic carbocycles. The summed E-state index contributed by atoms with van der Waals surface area (Å²) in [6, 6.07) is 0. The van der Waals surface area contributed by atoms with Gasteiger partial charge in [0, 0.05) is 12.4 Å². The minimum atomic E-state index is 0.361. The van der Waals surface area contributed by atoms with Crippen molar-refractivity contribution in [2.75, 3.05) is 12.0 Å². The highest BCUT2D eigenvalue weighted by molar-refractivity contribution is 7.98. The van der Waals surface area contributed by atoms with Crippen LogP contribution in [0.1, 0.15) is 5.56 Å². The normalized spacial score (nSPS) is 9.55. The van der Waals surface area contributed by atoms with E-state index in [0.717, 1.165) is 6.21 Å². The number of nitrogens with zero attached hydrogens (tertiary/aromatic N) is 2. The first-order valence-corrected chi connectivity index (χ1v) is 4.17. The minimum Gasteiger partial charge on any atom is -0.383 e. The van der Waals surface area contributed by atoms with Crippen LogP contribution in [0.3, 0.4) is 0 Å². The van der Waals surface area contributed by atoms with Gasteiger partial charge in [0.05, 0.1) is 5.56 Å². The van der Waals surface area contributed by atoms with E-state index in [2.05, 4.69) is 9.97 Å². The summed E-state index contributed by atoms with van der Waals surface area (Å²) in [5.74, 6) is 0.361. The molecule has 11 heavy (non-hydrogen) atoms. The summed E-state index contributed by atoms with van der Waals surface area (Å²) in [5.41, 5.74) is 6.05. The third kappa shape index (κ3) is 1.68. The molecule has 0 radical (unpaired) electrons. The molecule has 0 aliphatic heterocycles. The largest absolute Gasteiger partial charge is 0.383 e. The molecule has 0 bridgehead atoms. The molecule has 1 heterocycles. The Morgan fingerprint density at radius 3 is 2.91 bits per heavy atom. The summed E-state index contributed by atoms with van der Waals surface area (Å²) in [6.45, 7) is 0. The van der Waals surface area contributed by atoms with Crippen LogP contribution in [0.15, 0.2) is 11.4 Å². The quantitative estimate of drug-likeness (QED) is 0.388. The highest BCUT2D eigenvalue weighted by atomic mass is 32.2. The number of nitrogens with two attached hydrogens (primary N) is 1. The van der Waals surface area contributed by atoms with Crippen LogP contribution in [0, 0.1) is 5.41 Å². The highest BCUT2D eigenvalue weighted by Gasteiger charge is 1.99. The Hall–Kier alpha value is -1.10. The van der Waals surface area contributed by atoms with Gasteiger partial charge in [-0.25, -0.2) is 9.97 Å². The van der Waals surface area contributed by atoms with Crippen molar-refractivity contribution in [3.8, 4) is 0 Å². The third-order valence-corrected chi connectivity index (χ3v) is 1.73. The second kappa shape index (κ2) is 3.34. The van der Waals surface area contributed by atoms with Gasteiger partial charge < -0.3 is 11.1 Å². The van der Waals surface area contributed by atoms with Crippen molar-refractivity contribution in [2.24, 2.45) is 0 Å². The van der Waals surface area contributed by atoms with Gasteiger partial charge in [0.1, 0.15) is 5.82 Å². The summed E-state index contributed by atoms with van der Waals surface area (Å²) in [7, 11) is 0. The topological polar surface area (TPSA) is 75.7 Å². The Labute approximate surface area is 68.7 Å². The van der Waals surface area contributed by atoms with Crippen LogP contribution in [0.5, 0.6) is 0 Å². The molecular formula is C6H8N4S. The first kappa shape index (κ1) is 8.00. The lowest BCUT2D eigenvalue weighted by atomic mass is 10.3. The van der Waals surface area contributed by atoms with E-state index in [4.69, 9.17) is 11.1 Å². The van der Waals surface area contributed by atoms with E-state index in [1.807, 2.05) is 6.26 Å². The van der Waals surface area contributed by atoms with E-state index in [-0.39, 0.29) is 0 Å². The van der Waals surface area contributed by atoms with E-state index >= 15 is 0 Å². The maximum atomic E-state index is 6.92. The standard InChI is InChI=1S/C6H8N4S/c1-11-6-9-3-4(2-7)5(8)10-6/h2-3,7H,1H3,(H2,8,9,10). The Morgan fingerprint density at radius 2 is 2.45 bits per heavy atom. The predicted molar refractivity (Wildman–Crippen MR) is 46.1 cm³/mol. The molecule has 0 atom stereocenters. The number of thioether (sulfide) groups is 1.